The molecule has 1 aliphatic rings. The number of amides is 1. The fourth-order valence-corrected chi connectivity index (χ4v) is 2.67. The molecule has 0 aromatic heterocycles. The van der Waals surface area contributed by atoms with Crippen LogP contribution in [0.4, 0.5) is 0 Å². The first-order chi connectivity index (χ1) is 9.71. The first-order valence-corrected chi connectivity index (χ1v) is 7.51. The number of phenols is 1. The van der Waals surface area contributed by atoms with Gasteiger partial charge in [0.15, 0.2) is 0 Å². The molecule has 0 saturated heterocycles. The number of rotatable bonds is 3. The summed E-state index contributed by atoms with van der Waals surface area (Å²) in [6, 6.07) is 4.85. The number of phenolic OH excluding ortho intramolecular Hbond substituents is 1. The van der Waals surface area contributed by atoms with E-state index in [4.69, 9.17) is 0 Å². The summed E-state index contributed by atoms with van der Waals surface area (Å²) >= 11 is 0. The van der Waals surface area contributed by atoms with Gasteiger partial charge in [-0.15, -0.1) is 0 Å². The fourth-order valence-electron chi connectivity index (χ4n) is 2.67. The van der Waals surface area contributed by atoms with Gasteiger partial charge in [-0.1, -0.05) is 19.9 Å². The molecule has 1 aromatic carbocycles. The minimum Gasteiger partial charge on any atom is -0.508 e. The molecule has 0 aliphatic heterocycles. The number of carbonyl (C=O) groups is 1. The lowest BCUT2D eigenvalue weighted by molar-refractivity contribution is -0.0233. The first-order valence-electron chi connectivity index (χ1n) is 7.51. The van der Waals surface area contributed by atoms with Crippen LogP contribution < -0.4 is 5.32 Å². The van der Waals surface area contributed by atoms with Crippen molar-refractivity contribution in [3.8, 4) is 5.75 Å². The monoisotopic (exact) mass is 291 g/mol. The van der Waals surface area contributed by atoms with E-state index in [1.807, 2.05) is 0 Å². The molecule has 1 fully saturated rings. The average molecular weight is 291 g/mol. The molecule has 116 valence electrons. The molecule has 1 saturated carbocycles. The molecule has 0 spiro atoms. The van der Waals surface area contributed by atoms with E-state index in [9.17, 15) is 15.0 Å². The Labute approximate surface area is 126 Å². The number of aliphatic hydroxyl groups is 1. The number of aryl methyl sites for hydroxylation is 1. The molecule has 3 N–H and O–H groups in total. The maximum Gasteiger partial charge on any atom is 0.251 e. The van der Waals surface area contributed by atoms with E-state index in [2.05, 4.69) is 19.2 Å². The van der Waals surface area contributed by atoms with Gasteiger partial charge in [-0.25, -0.2) is 0 Å². The minimum atomic E-state index is -0.808. The third-order valence-electron chi connectivity index (χ3n) is 4.58. The van der Waals surface area contributed by atoms with E-state index in [-0.39, 0.29) is 23.6 Å². The van der Waals surface area contributed by atoms with E-state index in [1.54, 1.807) is 19.1 Å². The molecule has 1 amide bonds. The van der Waals surface area contributed by atoms with Crippen molar-refractivity contribution < 1.29 is 15.0 Å². The van der Waals surface area contributed by atoms with Crippen molar-refractivity contribution in [2.24, 2.45) is 5.41 Å². The van der Waals surface area contributed by atoms with Crippen LogP contribution in [-0.2, 0) is 0 Å². The summed E-state index contributed by atoms with van der Waals surface area (Å²) in [7, 11) is 0. The highest BCUT2D eigenvalue weighted by molar-refractivity contribution is 5.94. The Balaban J connectivity index is 1.93. The molecule has 1 aromatic rings. The van der Waals surface area contributed by atoms with Gasteiger partial charge in [-0.3, -0.25) is 4.79 Å². The first kappa shape index (κ1) is 15.8. The zero-order chi connectivity index (χ0) is 15.7. The van der Waals surface area contributed by atoms with Crippen molar-refractivity contribution in [1.82, 2.24) is 5.32 Å². The lowest BCUT2D eigenvalue weighted by Crippen LogP contribution is -2.46. The summed E-state index contributed by atoms with van der Waals surface area (Å²) in [4.78, 5) is 12.1. The summed E-state index contributed by atoms with van der Waals surface area (Å²) < 4.78 is 0. The number of hydrogen-bond donors (Lipinski definition) is 3. The van der Waals surface area contributed by atoms with Crippen molar-refractivity contribution >= 4 is 5.91 Å². The molecule has 1 aliphatic carbocycles. The van der Waals surface area contributed by atoms with Crippen LogP contribution in [0.25, 0.3) is 0 Å². The normalized spacial score (nSPS) is 20.0. The van der Waals surface area contributed by atoms with Crippen molar-refractivity contribution in [2.75, 3.05) is 6.54 Å². The highest BCUT2D eigenvalue weighted by Crippen LogP contribution is 2.39. The summed E-state index contributed by atoms with van der Waals surface area (Å²) in [6.45, 7) is 6.46. The van der Waals surface area contributed by atoms with Gasteiger partial charge in [0.1, 0.15) is 5.75 Å². The van der Waals surface area contributed by atoms with Gasteiger partial charge < -0.3 is 15.5 Å². The maximum absolute atomic E-state index is 12.1. The second-order valence-corrected chi connectivity index (χ2v) is 7.07. The Morgan fingerprint density at radius 1 is 1.24 bits per heavy atom. The van der Waals surface area contributed by atoms with Crippen LogP contribution in [0.15, 0.2) is 18.2 Å². The fraction of sp³-hybridized carbons (Fsp3) is 0.588. The van der Waals surface area contributed by atoms with E-state index in [0.29, 0.717) is 18.4 Å². The number of nitrogens with one attached hydrogen (secondary N) is 1. The van der Waals surface area contributed by atoms with Crippen LogP contribution >= 0.6 is 0 Å². The molecular formula is C17H25NO3. The summed E-state index contributed by atoms with van der Waals surface area (Å²) in [5.41, 5.74) is 0.620. The molecule has 0 unspecified atom stereocenters. The van der Waals surface area contributed by atoms with Crippen molar-refractivity contribution in [2.45, 2.75) is 52.1 Å². The Morgan fingerprint density at radius 2 is 1.86 bits per heavy atom. The molecule has 21 heavy (non-hydrogen) atoms. The summed E-state index contributed by atoms with van der Waals surface area (Å²) in [6.07, 6.45) is 3.34. The van der Waals surface area contributed by atoms with E-state index < -0.39 is 5.60 Å². The van der Waals surface area contributed by atoms with Crippen molar-refractivity contribution in [3.63, 3.8) is 0 Å². The molecule has 4 nitrogen and oxygen atoms in total. The van der Waals surface area contributed by atoms with E-state index >= 15 is 0 Å². The van der Waals surface area contributed by atoms with Crippen LogP contribution in [0.2, 0.25) is 0 Å². The smallest absolute Gasteiger partial charge is 0.251 e. The van der Waals surface area contributed by atoms with Gasteiger partial charge in [0, 0.05) is 12.1 Å². The highest BCUT2D eigenvalue weighted by Gasteiger charge is 2.36. The molecule has 4 heteroatoms. The van der Waals surface area contributed by atoms with Gasteiger partial charge in [0.05, 0.1) is 5.60 Å². The van der Waals surface area contributed by atoms with Gasteiger partial charge in [-0.2, -0.15) is 0 Å². The Kier molecular flexibility index (Phi) is 4.28. The van der Waals surface area contributed by atoms with Crippen LogP contribution in [0.3, 0.4) is 0 Å². The molecule has 0 bridgehead atoms. The number of carbonyl (C=O) groups excluding carboxylic acids is 1. The Morgan fingerprint density at radius 3 is 2.43 bits per heavy atom. The van der Waals surface area contributed by atoms with E-state index in [0.717, 1.165) is 18.4 Å². The van der Waals surface area contributed by atoms with Gasteiger partial charge in [-0.05, 0) is 55.7 Å². The number of hydrogen-bond acceptors (Lipinski definition) is 3. The second kappa shape index (κ2) is 5.68. The van der Waals surface area contributed by atoms with Crippen LogP contribution in [0.5, 0.6) is 5.75 Å². The Bertz CT molecular complexity index is 527. The van der Waals surface area contributed by atoms with Crippen molar-refractivity contribution in [1.29, 1.82) is 0 Å². The lowest BCUT2D eigenvalue weighted by atomic mass is 9.71. The van der Waals surface area contributed by atoms with Gasteiger partial charge in [0.2, 0.25) is 0 Å². The van der Waals surface area contributed by atoms with Gasteiger partial charge in [0.25, 0.3) is 5.91 Å². The van der Waals surface area contributed by atoms with E-state index in [1.165, 1.54) is 6.07 Å². The molecule has 0 atom stereocenters. The third-order valence-corrected chi connectivity index (χ3v) is 4.58. The zero-order valence-corrected chi connectivity index (χ0v) is 13.1. The molecule has 2 rings (SSSR count). The summed E-state index contributed by atoms with van der Waals surface area (Å²) in [5, 5.41) is 23.0. The van der Waals surface area contributed by atoms with Gasteiger partial charge >= 0.3 is 0 Å². The van der Waals surface area contributed by atoms with Crippen LogP contribution in [-0.4, -0.2) is 28.3 Å². The molecule has 0 radical (unpaired) electrons. The standard InChI is InChI=1S/C17H25NO3/c1-12-4-5-13(10-14(12)19)15(20)18-11-17(21)8-6-16(2,3)7-9-17/h4-5,10,19,21H,6-9,11H2,1-3H3,(H,18,20). The van der Waals surface area contributed by atoms with Crippen LogP contribution in [0, 0.1) is 12.3 Å². The number of aromatic hydroxyl groups is 1. The molecular weight excluding hydrogens is 266 g/mol. The maximum atomic E-state index is 12.1. The number of benzene rings is 1. The predicted octanol–water partition coefficient (Wildman–Crippen LogP) is 2.76. The predicted molar refractivity (Wildman–Crippen MR) is 82.4 cm³/mol. The van der Waals surface area contributed by atoms with Crippen LogP contribution in [0.1, 0.15) is 55.5 Å². The second-order valence-electron chi connectivity index (χ2n) is 7.07. The largest absolute Gasteiger partial charge is 0.508 e. The third kappa shape index (κ3) is 3.97. The molecule has 0 heterocycles. The minimum absolute atomic E-state index is 0.112. The Hall–Kier alpha value is -1.55. The summed E-state index contributed by atoms with van der Waals surface area (Å²) in [5.74, 6) is -0.149. The topological polar surface area (TPSA) is 69.6 Å². The quantitative estimate of drug-likeness (QED) is 0.802. The SMILES string of the molecule is Cc1ccc(C(=O)NCC2(O)CCC(C)(C)CC2)cc1O. The zero-order valence-electron chi connectivity index (χ0n) is 13.1. The lowest BCUT2D eigenvalue weighted by Gasteiger charge is -2.40. The van der Waals surface area contributed by atoms with Crippen molar-refractivity contribution in [3.05, 3.63) is 29.3 Å². The average Bonchev–Trinajstić information content (AvgIpc) is 2.43. The highest BCUT2D eigenvalue weighted by atomic mass is 16.3.